The summed E-state index contributed by atoms with van der Waals surface area (Å²) in [7, 11) is 0. The van der Waals surface area contributed by atoms with Crippen molar-refractivity contribution in [2.24, 2.45) is 0 Å². The molecule has 17 heavy (non-hydrogen) atoms. The molecule has 2 aromatic heterocycles. The Morgan fingerprint density at radius 1 is 1.41 bits per heavy atom. The molecule has 90 valence electrons. The summed E-state index contributed by atoms with van der Waals surface area (Å²) in [6.45, 7) is 5.07. The zero-order valence-electron chi connectivity index (χ0n) is 9.89. The molecule has 0 saturated heterocycles. The molecule has 5 heteroatoms. The van der Waals surface area contributed by atoms with Crippen molar-refractivity contribution in [2.45, 2.75) is 26.4 Å². The molecule has 0 saturated carbocycles. The van der Waals surface area contributed by atoms with E-state index >= 15 is 0 Å². The first-order valence-corrected chi connectivity index (χ1v) is 6.61. The van der Waals surface area contributed by atoms with Gasteiger partial charge < -0.3 is 5.32 Å². The third-order valence-electron chi connectivity index (χ3n) is 2.38. The molecule has 0 unspecified atom stereocenters. The Bertz CT molecular complexity index is 493. The first-order valence-electron chi connectivity index (χ1n) is 5.53. The van der Waals surface area contributed by atoms with Gasteiger partial charge in [0.2, 0.25) is 0 Å². The summed E-state index contributed by atoms with van der Waals surface area (Å²) in [5.41, 5.74) is 2.23. The fourth-order valence-corrected chi connectivity index (χ4v) is 1.91. The van der Waals surface area contributed by atoms with Crippen LogP contribution in [0.15, 0.2) is 30.9 Å². The van der Waals surface area contributed by atoms with Gasteiger partial charge in [0.15, 0.2) is 0 Å². The van der Waals surface area contributed by atoms with Crippen molar-refractivity contribution in [1.29, 1.82) is 0 Å². The van der Waals surface area contributed by atoms with Crippen LogP contribution in [0.3, 0.4) is 0 Å². The van der Waals surface area contributed by atoms with Crippen LogP contribution in [-0.4, -0.2) is 20.8 Å². The summed E-state index contributed by atoms with van der Waals surface area (Å²) in [5, 5.41) is 7.72. The number of halogens is 1. The van der Waals surface area contributed by atoms with Gasteiger partial charge in [-0.05, 0) is 28.7 Å². The summed E-state index contributed by atoms with van der Waals surface area (Å²) in [6.07, 6.45) is 7.54. The maximum atomic E-state index is 4.33. The smallest absolute Gasteiger partial charge is 0.0721 e. The molecule has 0 atom stereocenters. The summed E-state index contributed by atoms with van der Waals surface area (Å²) >= 11 is 2.26. The Kier molecular flexibility index (Phi) is 4.11. The quantitative estimate of drug-likeness (QED) is 0.868. The van der Waals surface area contributed by atoms with Gasteiger partial charge in [0.05, 0.1) is 15.5 Å². The van der Waals surface area contributed by atoms with Gasteiger partial charge in [0, 0.05) is 36.7 Å². The highest BCUT2D eigenvalue weighted by atomic mass is 127. The Hall–Kier alpha value is -0.950. The lowest BCUT2D eigenvalue weighted by Gasteiger charge is -2.11. The molecule has 0 fully saturated rings. The molecule has 2 heterocycles. The van der Waals surface area contributed by atoms with Gasteiger partial charge in [-0.3, -0.25) is 4.98 Å². The lowest BCUT2D eigenvalue weighted by atomic mass is 10.2. The molecular weight excluding hydrogens is 327 g/mol. The molecule has 1 N–H and O–H groups in total. The molecule has 4 nitrogen and oxygen atoms in total. The zero-order chi connectivity index (χ0) is 12.3. The highest BCUT2D eigenvalue weighted by molar-refractivity contribution is 14.1. The van der Waals surface area contributed by atoms with Crippen molar-refractivity contribution < 1.29 is 0 Å². The second kappa shape index (κ2) is 5.59. The van der Waals surface area contributed by atoms with Gasteiger partial charge in [0.25, 0.3) is 0 Å². The van der Waals surface area contributed by atoms with E-state index in [0.29, 0.717) is 6.04 Å². The minimum absolute atomic E-state index is 0.459. The average molecular weight is 342 g/mol. The van der Waals surface area contributed by atoms with Crippen LogP contribution in [0.1, 0.15) is 19.4 Å². The van der Waals surface area contributed by atoms with Gasteiger partial charge in [-0.15, -0.1) is 0 Å². The average Bonchev–Trinajstić information content (AvgIpc) is 2.73. The van der Waals surface area contributed by atoms with Crippen LogP contribution in [-0.2, 0) is 6.54 Å². The van der Waals surface area contributed by atoms with Gasteiger partial charge in [-0.25, -0.2) is 4.68 Å². The molecule has 0 spiro atoms. The van der Waals surface area contributed by atoms with Crippen LogP contribution in [0.2, 0.25) is 0 Å². The number of aromatic nitrogens is 3. The van der Waals surface area contributed by atoms with Crippen molar-refractivity contribution in [3.8, 4) is 5.69 Å². The van der Waals surface area contributed by atoms with Gasteiger partial charge in [0.1, 0.15) is 0 Å². The van der Waals surface area contributed by atoms with Gasteiger partial charge in [-0.1, -0.05) is 13.8 Å². The summed E-state index contributed by atoms with van der Waals surface area (Å²) in [4.78, 5) is 4.17. The van der Waals surface area contributed by atoms with Crippen LogP contribution in [0.25, 0.3) is 5.69 Å². The molecule has 0 aromatic carbocycles. The Balaban J connectivity index is 2.27. The zero-order valence-corrected chi connectivity index (χ0v) is 12.0. The van der Waals surface area contributed by atoms with E-state index in [1.165, 1.54) is 0 Å². The number of nitrogens with zero attached hydrogens (tertiary/aromatic N) is 3. The molecule has 0 aliphatic rings. The van der Waals surface area contributed by atoms with E-state index in [1.54, 1.807) is 6.20 Å². The summed E-state index contributed by atoms with van der Waals surface area (Å²) in [6, 6.07) is 2.45. The van der Waals surface area contributed by atoms with E-state index in [4.69, 9.17) is 0 Å². The number of rotatable bonds is 4. The Labute approximate surface area is 115 Å². The maximum Gasteiger partial charge on any atom is 0.0721 e. The maximum absolute atomic E-state index is 4.33. The van der Waals surface area contributed by atoms with Crippen LogP contribution in [0.5, 0.6) is 0 Å². The predicted octanol–water partition coefficient (Wildman–Crippen LogP) is 2.37. The van der Waals surface area contributed by atoms with Crippen LogP contribution in [0, 0.1) is 3.57 Å². The van der Waals surface area contributed by atoms with E-state index < -0.39 is 0 Å². The van der Waals surface area contributed by atoms with E-state index in [-0.39, 0.29) is 0 Å². The van der Waals surface area contributed by atoms with Crippen molar-refractivity contribution in [2.75, 3.05) is 0 Å². The van der Waals surface area contributed by atoms with Crippen molar-refractivity contribution in [3.05, 3.63) is 40.0 Å². The number of hydrogen-bond donors (Lipinski definition) is 1. The van der Waals surface area contributed by atoms with Crippen molar-refractivity contribution >= 4 is 22.6 Å². The molecule has 0 radical (unpaired) electrons. The molecule has 0 aliphatic carbocycles. The number of pyridine rings is 1. The van der Waals surface area contributed by atoms with E-state index in [1.807, 2.05) is 29.3 Å². The molecule has 2 rings (SSSR count). The van der Waals surface area contributed by atoms with E-state index in [2.05, 4.69) is 51.8 Å². The third kappa shape index (κ3) is 3.26. The Morgan fingerprint density at radius 3 is 2.88 bits per heavy atom. The first kappa shape index (κ1) is 12.5. The summed E-state index contributed by atoms with van der Waals surface area (Å²) < 4.78 is 3.02. The van der Waals surface area contributed by atoms with E-state index in [0.717, 1.165) is 21.4 Å². The van der Waals surface area contributed by atoms with E-state index in [9.17, 15) is 0 Å². The number of hydrogen-bond acceptors (Lipinski definition) is 3. The van der Waals surface area contributed by atoms with Crippen molar-refractivity contribution in [1.82, 2.24) is 20.1 Å². The lowest BCUT2D eigenvalue weighted by Crippen LogP contribution is -2.22. The normalized spacial score (nSPS) is 11.1. The standard InChI is InChI=1S/C12H15IN4/c1-9(2)15-6-10-5-14-4-3-12(10)17-8-11(13)7-16-17/h3-5,7-9,15H,6H2,1-2H3. The topological polar surface area (TPSA) is 42.7 Å². The minimum Gasteiger partial charge on any atom is -0.310 e. The SMILES string of the molecule is CC(C)NCc1cnccc1-n1cc(I)cn1. The van der Waals surface area contributed by atoms with Gasteiger partial charge >= 0.3 is 0 Å². The van der Waals surface area contributed by atoms with Crippen LogP contribution >= 0.6 is 22.6 Å². The molecular formula is C12H15IN4. The predicted molar refractivity (Wildman–Crippen MR) is 76.1 cm³/mol. The minimum atomic E-state index is 0.459. The molecule has 0 bridgehead atoms. The highest BCUT2D eigenvalue weighted by Crippen LogP contribution is 2.14. The Morgan fingerprint density at radius 2 is 2.24 bits per heavy atom. The first-order chi connectivity index (χ1) is 8.16. The number of nitrogens with one attached hydrogen (secondary N) is 1. The monoisotopic (exact) mass is 342 g/mol. The van der Waals surface area contributed by atoms with Crippen LogP contribution in [0.4, 0.5) is 0 Å². The fourth-order valence-electron chi connectivity index (χ4n) is 1.53. The molecule has 2 aromatic rings. The molecule has 0 amide bonds. The second-order valence-corrected chi connectivity index (χ2v) is 5.39. The summed E-state index contributed by atoms with van der Waals surface area (Å²) in [5.74, 6) is 0. The molecule has 0 aliphatic heterocycles. The highest BCUT2D eigenvalue weighted by Gasteiger charge is 2.06. The largest absolute Gasteiger partial charge is 0.310 e. The third-order valence-corrected chi connectivity index (χ3v) is 2.93. The van der Waals surface area contributed by atoms with Crippen LogP contribution < -0.4 is 5.32 Å². The fraction of sp³-hybridized carbons (Fsp3) is 0.333. The second-order valence-electron chi connectivity index (χ2n) is 4.14. The van der Waals surface area contributed by atoms with Gasteiger partial charge in [-0.2, -0.15) is 5.10 Å². The lowest BCUT2D eigenvalue weighted by molar-refractivity contribution is 0.585. The van der Waals surface area contributed by atoms with Crippen molar-refractivity contribution in [3.63, 3.8) is 0 Å².